The van der Waals surface area contributed by atoms with Crippen LogP contribution >= 0.6 is 7.82 Å². The lowest BCUT2D eigenvalue weighted by molar-refractivity contribution is -0.157. The van der Waals surface area contributed by atoms with Gasteiger partial charge in [-0.3, -0.25) is 9.32 Å². The molecule has 0 fully saturated rings. The second-order valence-electron chi connectivity index (χ2n) is 3.66. The van der Waals surface area contributed by atoms with Gasteiger partial charge < -0.3 is 14.5 Å². The Kier molecular flexibility index (Phi) is 5.45. The van der Waals surface area contributed by atoms with Crippen LogP contribution in [-0.2, 0) is 18.6 Å². The summed E-state index contributed by atoms with van der Waals surface area (Å²) in [6, 6.07) is 0. The molecule has 0 atom stereocenters. The third-order valence-corrected chi connectivity index (χ3v) is 2.33. The fourth-order valence-corrected chi connectivity index (χ4v) is 1.01. The van der Waals surface area contributed by atoms with Gasteiger partial charge in [0.05, 0.1) is 13.0 Å². The van der Waals surface area contributed by atoms with E-state index in [1.54, 1.807) is 13.8 Å². The maximum absolute atomic E-state index is 11.1. The lowest BCUT2D eigenvalue weighted by Crippen LogP contribution is -2.27. The van der Waals surface area contributed by atoms with Gasteiger partial charge in [-0.05, 0) is 20.3 Å². The Hall–Kier alpha value is -0.420. The molecule has 0 bridgehead atoms. The normalized spacial score (nSPS) is 12.6. The number of carbonyl (C=O) groups excluding carboxylic acids is 1. The van der Waals surface area contributed by atoms with Gasteiger partial charge >= 0.3 is 13.8 Å². The van der Waals surface area contributed by atoms with Crippen molar-refractivity contribution in [1.82, 2.24) is 0 Å². The molecule has 7 heteroatoms. The summed E-state index contributed by atoms with van der Waals surface area (Å²) < 4.78 is 19.4. The highest BCUT2D eigenvalue weighted by Gasteiger charge is 2.21. The van der Waals surface area contributed by atoms with E-state index in [9.17, 15) is 9.36 Å². The van der Waals surface area contributed by atoms with Crippen molar-refractivity contribution in [2.75, 3.05) is 6.61 Å². The molecule has 0 saturated carbocycles. The smallest absolute Gasteiger partial charge is 0.460 e. The SMILES string of the molecule is CCC(C)(C)OC(=O)CCOP(=O)(O)O. The summed E-state index contributed by atoms with van der Waals surface area (Å²) in [4.78, 5) is 27.8. The standard InChI is InChI=1S/C8H17O6P/c1-4-8(2,3)14-7(9)5-6-13-15(10,11)12/h4-6H2,1-3H3,(H2,10,11,12). The fraction of sp³-hybridized carbons (Fsp3) is 0.875. The summed E-state index contributed by atoms with van der Waals surface area (Å²) in [5.41, 5.74) is -0.556. The van der Waals surface area contributed by atoms with Gasteiger partial charge in [0.2, 0.25) is 0 Å². The van der Waals surface area contributed by atoms with Crippen LogP contribution in [0.1, 0.15) is 33.6 Å². The van der Waals surface area contributed by atoms with Crippen molar-refractivity contribution in [3.8, 4) is 0 Å². The number of carbonyl (C=O) groups is 1. The predicted octanol–water partition coefficient (Wildman–Crippen LogP) is 1.22. The average Bonchev–Trinajstić information content (AvgIpc) is 2.00. The number of esters is 1. The molecule has 6 nitrogen and oxygen atoms in total. The first kappa shape index (κ1) is 14.6. The molecule has 0 heterocycles. The van der Waals surface area contributed by atoms with Crippen molar-refractivity contribution in [2.45, 2.75) is 39.2 Å². The van der Waals surface area contributed by atoms with E-state index >= 15 is 0 Å². The van der Waals surface area contributed by atoms with Crippen molar-refractivity contribution in [3.05, 3.63) is 0 Å². The molecule has 0 spiro atoms. The first-order valence-corrected chi connectivity index (χ1v) is 6.11. The molecule has 15 heavy (non-hydrogen) atoms. The maximum atomic E-state index is 11.1. The van der Waals surface area contributed by atoms with Crippen LogP contribution in [0.15, 0.2) is 0 Å². The molecule has 0 aromatic carbocycles. The zero-order chi connectivity index (χ0) is 12.1. The van der Waals surface area contributed by atoms with Crippen molar-refractivity contribution in [1.29, 1.82) is 0 Å². The number of ether oxygens (including phenoxy) is 1. The summed E-state index contributed by atoms with van der Waals surface area (Å²) >= 11 is 0. The monoisotopic (exact) mass is 240 g/mol. The summed E-state index contributed by atoms with van der Waals surface area (Å²) in [7, 11) is -4.49. The Morgan fingerprint density at radius 1 is 1.40 bits per heavy atom. The van der Waals surface area contributed by atoms with E-state index in [0.29, 0.717) is 6.42 Å². The third kappa shape index (κ3) is 8.57. The molecular weight excluding hydrogens is 223 g/mol. The van der Waals surface area contributed by atoms with Gasteiger partial charge in [0.1, 0.15) is 5.60 Å². The lowest BCUT2D eigenvalue weighted by atomic mass is 10.1. The molecule has 0 unspecified atom stereocenters. The minimum atomic E-state index is -4.49. The van der Waals surface area contributed by atoms with Crippen LogP contribution in [0.4, 0.5) is 0 Å². The first-order valence-electron chi connectivity index (χ1n) is 4.58. The number of rotatable bonds is 6. The molecule has 90 valence electrons. The van der Waals surface area contributed by atoms with E-state index in [-0.39, 0.29) is 13.0 Å². The highest BCUT2D eigenvalue weighted by Crippen LogP contribution is 2.35. The van der Waals surface area contributed by atoms with Gasteiger partial charge in [0.15, 0.2) is 0 Å². The highest BCUT2D eigenvalue weighted by atomic mass is 31.2. The number of hydrogen-bond acceptors (Lipinski definition) is 4. The van der Waals surface area contributed by atoms with Gasteiger partial charge in [0.25, 0.3) is 0 Å². The average molecular weight is 240 g/mol. The molecule has 0 saturated heterocycles. The Bertz CT molecular complexity index is 256. The topological polar surface area (TPSA) is 93.1 Å². The summed E-state index contributed by atoms with van der Waals surface area (Å²) in [6.45, 7) is 5.05. The summed E-state index contributed by atoms with van der Waals surface area (Å²) in [6.07, 6.45) is 0.493. The van der Waals surface area contributed by atoms with Crippen LogP contribution in [0.25, 0.3) is 0 Å². The van der Waals surface area contributed by atoms with Gasteiger partial charge in [0, 0.05) is 0 Å². The van der Waals surface area contributed by atoms with Crippen molar-refractivity contribution in [3.63, 3.8) is 0 Å². The molecule has 0 aliphatic carbocycles. The minimum absolute atomic E-state index is 0.172. The molecule has 0 aromatic heterocycles. The molecule has 2 N–H and O–H groups in total. The predicted molar refractivity (Wildman–Crippen MR) is 53.1 cm³/mol. The largest absolute Gasteiger partial charge is 0.469 e. The van der Waals surface area contributed by atoms with Crippen LogP contribution in [0.3, 0.4) is 0 Å². The zero-order valence-corrected chi connectivity index (χ0v) is 9.99. The molecule has 0 radical (unpaired) electrons. The zero-order valence-electron chi connectivity index (χ0n) is 9.10. The molecule has 0 aliphatic heterocycles. The number of hydrogen-bond donors (Lipinski definition) is 2. The molecule has 0 aliphatic rings. The van der Waals surface area contributed by atoms with Gasteiger partial charge in [-0.2, -0.15) is 0 Å². The first-order chi connectivity index (χ1) is 6.66. The van der Waals surface area contributed by atoms with E-state index in [2.05, 4.69) is 4.52 Å². The van der Waals surface area contributed by atoms with Crippen LogP contribution < -0.4 is 0 Å². The van der Waals surface area contributed by atoms with Crippen molar-refractivity contribution >= 4 is 13.8 Å². The van der Waals surface area contributed by atoms with E-state index in [1.165, 1.54) is 0 Å². The van der Waals surface area contributed by atoms with Gasteiger partial charge in [-0.25, -0.2) is 4.57 Å². The summed E-state index contributed by atoms with van der Waals surface area (Å²) in [5, 5.41) is 0. The van der Waals surface area contributed by atoms with Crippen LogP contribution in [-0.4, -0.2) is 28.0 Å². The maximum Gasteiger partial charge on any atom is 0.469 e. The van der Waals surface area contributed by atoms with E-state index in [0.717, 1.165) is 0 Å². The second-order valence-corrected chi connectivity index (χ2v) is 4.90. The van der Waals surface area contributed by atoms with Crippen molar-refractivity contribution in [2.24, 2.45) is 0 Å². The van der Waals surface area contributed by atoms with Crippen molar-refractivity contribution < 1.29 is 28.4 Å². The summed E-state index contributed by atoms with van der Waals surface area (Å²) in [5.74, 6) is -0.532. The van der Waals surface area contributed by atoms with Gasteiger partial charge in [-0.15, -0.1) is 0 Å². The Morgan fingerprint density at radius 3 is 2.33 bits per heavy atom. The van der Waals surface area contributed by atoms with E-state index < -0.39 is 19.4 Å². The Labute approximate surface area is 88.8 Å². The van der Waals surface area contributed by atoms with Crippen LogP contribution in [0, 0.1) is 0 Å². The minimum Gasteiger partial charge on any atom is -0.460 e. The van der Waals surface area contributed by atoms with Gasteiger partial charge in [-0.1, -0.05) is 6.92 Å². The Balaban J connectivity index is 3.82. The number of phosphoric ester groups is 1. The fourth-order valence-electron chi connectivity index (χ4n) is 0.679. The molecule has 0 amide bonds. The lowest BCUT2D eigenvalue weighted by Gasteiger charge is -2.23. The van der Waals surface area contributed by atoms with E-state index in [4.69, 9.17) is 14.5 Å². The van der Waals surface area contributed by atoms with E-state index in [1.807, 2.05) is 6.92 Å². The Morgan fingerprint density at radius 2 is 1.93 bits per heavy atom. The molecule has 0 rings (SSSR count). The molecular formula is C8H17O6P. The quantitative estimate of drug-likeness (QED) is 0.535. The number of phosphoric acid groups is 1. The van der Waals surface area contributed by atoms with Crippen LogP contribution in [0.5, 0.6) is 0 Å². The van der Waals surface area contributed by atoms with Crippen LogP contribution in [0.2, 0.25) is 0 Å². The third-order valence-electron chi connectivity index (χ3n) is 1.81. The highest BCUT2D eigenvalue weighted by molar-refractivity contribution is 7.46. The second kappa shape index (κ2) is 5.61. The molecule has 0 aromatic rings.